The van der Waals surface area contributed by atoms with Gasteiger partial charge in [0.05, 0.1) is 0 Å². The van der Waals surface area contributed by atoms with E-state index in [1.807, 2.05) is 5.92 Å². The Labute approximate surface area is 61.9 Å². The van der Waals surface area contributed by atoms with Gasteiger partial charge in [0.25, 0.3) is 0 Å². The van der Waals surface area contributed by atoms with Crippen LogP contribution in [0.4, 0.5) is 0 Å². The van der Waals surface area contributed by atoms with Crippen molar-refractivity contribution in [1.29, 1.82) is 0 Å². The molecule has 0 amide bonds. The first-order chi connectivity index (χ1) is 3.41. The van der Waals surface area contributed by atoms with E-state index in [-0.39, 0.29) is 18.6 Å². The Morgan fingerprint density at radius 3 is 2.12 bits per heavy atom. The molecule has 35 valence electrons. The Balaban J connectivity index is 0. The second kappa shape index (κ2) is 9.55. The molecule has 0 nitrogen and oxygen atoms in total. The van der Waals surface area contributed by atoms with Crippen LogP contribution in [0.2, 0.25) is 0 Å². The third-order valence-corrected chi connectivity index (χ3v) is 0.312. The van der Waals surface area contributed by atoms with E-state index in [0.717, 1.165) is 0 Å². The van der Waals surface area contributed by atoms with Crippen LogP contribution >= 0.6 is 0 Å². The molecule has 1 heteroatoms. The van der Waals surface area contributed by atoms with Gasteiger partial charge in [0.15, 0.2) is 0 Å². The van der Waals surface area contributed by atoms with Crippen molar-refractivity contribution in [1.82, 2.24) is 0 Å². The van der Waals surface area contributed by atoms with Gasteiger partial charge in [-0.05, 0) is 12.8 Å². The maximum Gasteiger partial charge on any atom is 2.00 e. The molecule has 0 N–H and O–H groups in total. The molecule has 8 heavy (non-hydrogen) atoms. The van der Waals surface area contributed by atoms with Crippen molar-refractivity contribution < 1.29 is 18.6 Å². The molecule has 0 saturated heterocycles. The summed E-state index contributed by atoms with van der Waals surface area (Å²) in [4.78, 5) is 0. The molecule has 0 rings (SSSR count). The average Bonchev–Trinajstić information content (AvgIpc) is 1.69. The van der Waals surface area contributed by atoms with Crippen molar-refractivity contribution in [3.05, 3.63) is 6.42 Å². The summed E-state index contributed by atoms with van der Waals surface area (Å²) in [5, 5.41) is 0. The number of rotatable bonds is 0. The molecule has 0 heterocycles. The van der Waals surface area contributed by atoms with Crippen LogP contribution in [0.25, 0.3) is 0 Å². The molecule has 0 aliphatic carbocycles. The topological polar surface area (TPSA) is 0 Å². The second-order valence-electron chi connectivity index (χ2n) is 0.750. The van der Waals surface area contributed by atoms with E-state index in [2.05, 4.69) is 23.7 Å². The zero-order chi connectivity index (χ0) is 5.54. The third kappa shape index (κ3) is 8.98. The molecule has 0 saturated carbocycles. The largest absolute Gasteiger partial charge is 2.00 e. The van der Waals surface area contributed by atoms with Gasteiger partial charge in [-0.15, -0.1) is 5.92 Å². The van der Waals surface area contributed by atoms with Crippen LogP contribution in [-0.4, -0.2) is 0 Å². The maximum atomic E-state index is 6.29. The van der Waals surface area contributed by atoms with E-state index in [4.69, 9.17) is 6.42 Å². The Morgan fingerprint density at radius 1 is 1.12 bits per heavy atom. The molecule has 0 unspecified atom stereocenters. The summed E-state index contributed by atoms with van der Waals surface area (Å²) in [6.45, 7) is 1.69. The Bertz CT molecular complexity index is 186. The fourth-order valence-corrected chi connectivity index (χ4v) is 0.125. The first-order valence-electron chi connectivity index (χ1n) is 1.75. The summed E-state index contributed by atoms with van der Waals surface area (Å²) in [6, 6.07) is 0. The molecule has 0 bridgehead atoms. The Morgan fingerprint density at radius 2 is 1.75 bits per heavy atom. The van der Waals surface area contributed by atoms with Gasteiger partial charge in [-0.1, -0.05) is 5.92 Å². The minimum atomic E-state index is 0. The molecule has 0 aromatic rings. The summed E-state index contributed by atoms with van der Waals surface area (Å²) < 4.78 is 0. The maximum absolute atomic E-state index is 6.29. The van der Waals surface area contributed by atoms with Gasteiger partial charge in [0.1, 0.15) is 0 Å². The van der Waals surface area contributed by atoms with Gasteiger partial charge in [-0.2, -0.15) is 0 Å². The number of hydrogen-bond donors (Lipinski definition) is 0. The zero-order valence-corrected chi connectivity index (χ0v) is 5.84. The quantitative estimate of drug-likeness (QED) is 0.339. The van der Waals surface area contributed by atoms with Gasteiger partial charge in [0.2, 0.25) is 0 Å². The predicted molar refractivity (Wildman–Crippen MR) is 28.4 cm³/mol. The van der Waals surface area contributed by atoms with Crippen LogP contribution in [-0.2, 0) is 18.6 Å². The Hall–Kier alpha value is -0.736. The van der Waals surface area contributed by atoms with Gasteiger partial charge in [-0.25, -0.2) is 5.92 Å². The van der Waals surface area contributed by atoms with Crippen LogP contribution in [0.5, 0.6) is 0 Å². The minimum absolute atomic E-state index is 0. The second-order valence-corrected chi connectivity index (χ2v) is 0.750. The van der Waals surface area contributed by atoms with E-state index in [1.54, 1.807) is 6.92 Å². The van der Waals surface area contributed by atoms with Gasteiger partial charge >= 0.3 is 18.6 Å². The average molecular weight is 138 g/mol. The van der Waals surface area contributed by atoms with Crippen LogP contribution in [0.1, 0.15) is 6.92 Å². The number of hydrogen-bond acceptors (Lipinski definition) is 0. The van der Waals surface area contributed by atoms with Crippen LogP contribution in [0.15, 0.2) is 0 Å². The fourth-order valence-electron chi connectivity index (χ4n) is 0.125. The van der Waals surface area contributed by atoms with Gasteiger partial charge < -0.3 is 6.42 Å². The molecule has 0 aromatic carbocycles. The molecule has 1 radical (unpaired) electrons. The van der Waals surface area contributed by atoms with Crippen molar-refractivity contribution in [3.8, 4) is 29.6 Å². The van der Waals surface area contributed by atoms with Crippen molar-refractivity contribution in [2.45, 2.75) is 6.92 Å². The Kier molecular flexibility index (Phi) is 12.3. The van der Waals surface area contributed by atoms with Crippen molar-refractivity contribution >= 4 is 0 Å². The van der Waals surface area contributed by atoms with E-state index >= 15 is 0 Å². The van der Waals surface area contributed by atoms with Crippen LogP contribution in [0, 0.1) is 36.0 Å². The van der Waals surface area contributed by atoms with E-state index < -0.39 is 0 Å². The van der Waals surface area contributed by atoms with Crippen molar-refractivity contribution in [2.24, 2.45) is 0 Å². The molecule has 0 fully saturated rings. The van der Waals surface area contributed by atoms with E-state index in [0.29, 0.717) is 0 Å². The van der Waals surface area contributed by atoms with Crippen molar-refractivity contribution in [3.63, 3.8) is 0 Å². The standard InChI is InChI=1S/C7H3.V/c1-3-5-7-6-4-2;/h1H3;/q-1;+2. The molecule has 0 spiro atoms. The van der Waals surface area contributed by atoms with E-state index in [9.17, 15) is 0 Å². The molecule has 0 aliphatic rings. The summed E-state index contributed by atoms with van der Waals surface area (Å²) in [5.74, 6) is 11.5. The molecule has 0 aromatic heterocycles. The molecular weight excluding hydrogens is 135 g/mol. The summed E-state index contributed by atoms with van der Waals surface area (Å²) in [5.41, 5.74) is 0. The summed E-state index contributed by atoms with van der Waals surface area (Å²) in [6.07, 6.45) is 6.29. The molecule has 0 aliphatic heterocycles. The van der Waals surface area contributed by atoms with E-state index in [1.165, 1.54) is 0 Å². The normalized spacial score (nSPS) is 3.00. The predicted octanol–water partition coefficient (Wildman–Crippen LogP) is 0.600. The fraction of sp³-hybridized carbons (Fsp3) is 0.143. The summed E-state index contributed by atoms with van der Waals surface area (Å²) in [7, 11) is 0. The SMILES string of the molecule is [C-]#CC#CC#CC.[V+2]. The van der Waals surface area contributed by atoms with Gasteiger partial charge in [-0.3, -0.25) is 5.92 Å². The van der Waals surface area contributed by atoms with Crippen molar-refractivity contribution in [2.75, 3.05) is 0 Å². The smallest absolute Gasteiger partial charge is 0.358 e. The molecule has 0 atom stereocenters. The van der Waals surface area contributed by atoms with Crippen LogP contribution < -0.4 is 0 Å². The minimum Gasteiger partial charge on any atom is -0.358 e. The zero-order valence-electron chi connectivity index (χ0n) is 4.45. The first-order valence-corrected chi connectivity index (χ1v) is 1.75. The molecular formula is C7H3V+. The first kappa shape index (κ1) is 10.3. The van der Waals surface area contributed by atoms with Crippen LogP contribution in [0.3, 0.4) is 0 Å². The van der Waals surface area contributed by atoms with Gasteiger partial charge in [0, 0.05) is 0 Å². The summed E-state index contributed by atoms with van der Waals surface area (Å²) >= 11 is 0. The monoisotopic (exact) mass is 138 g/mol. The third-order valence-electron chi connectivity index (χ3n) is 0.312.